The minimum absolute atomic E-state index is 0.425. The van der Waals surface area contributed by atoms with Crippen LogP contribution in [0.15, 0.2) is 6.20 Å². The van der Waals surface area contributed by atoms with Crippen LogP contribution in [-0.2, 0) is 17.8 Å². The summed E-state index contributed by atoms with van der Waals surface area (Å²) in [6, 6.07) is 0.425. The fourth-order valence-electron chi connectivity index (χ4n) is 1.58. The zero-order valence-corrected chi connectivity index (χ0v) is 11.6. The van der Waals surface area contributed by atoms with Crippen LogP contribution in [0, 0.1) is 0 Å². The molecule has 2 rings (SSSR count). The molecule has 0 bridgehead atoms. The minimum Gasteiger partial charge on any atom is -0.461 e. The largest absolute Gasteiger partial charge is 0.461 e. The summed E-state index contributed by atoms with van der Waals surface area (Å²) in [4.78, 5) is 8.50. The van der Waals surface area contributed by atoms with E-state index in [9.17, 15) is 0 Å². The molecule has 0 atom stereocenters. The van der Waals surface area contributed by atoms with E-state index in [2.05, 4.69) is 20.4 Å². The van der Waals surface area contributed by atoms with Gasteiger partial charge in [-0.05, 0) is 7.05 Å². The molecule has 0 saturated carbocycles. The Balaban J connectivity index is 0.000000771. The Morgan fingerprint density at radius 3 is 2.78 bits per heavy atom. The summed E-state index contributed by atoms with van der Waals surface area (Å²) >= 11 is 0. The van der Waals surface area contributed by atoms with E-state index >= 15 is 0 Å². The normalized spacial score (nSPS) is 13.8. The van der Waals surface area contributed by atoms with E-state index < -0.39 is 0 Å². The standard InChI is InChI=1S/C10H16N4O2.C2H6/c1-11-14-6-8-5-12-10(13-9(8)7-14)16-4-3-15-2;1-2/h5,11H,3-4,6-7H2,1-2H3;1-2H3. The van der Waals surface area contributed by atoms with Crippen LogP contribution in [0.2, 0.25) is 0 Å². The number of aromatic nitrogens is 2. The lowest BCUT2D eigenvalue weighted by Gasteiger charge is -2.10. The molecule has 0 aromatic carbocycles. The highest BCUT2D eigenvalue weighted by Crippen LogP contribution is 2.19. The molecule has 6 nitrogen and oxygen atoms in total. The van der Waals surface area contributed by atoms with Crippen molar-refractivity contribution in [1.29, 1.82) is 0 Å². The molecular formula is C12H22N4O2. The van der Waals surface area contributed by atoms with Crippen molar-refractivity contribution in [2.45, 2.75) is 26.9 Å². The van der Waals surface area contributed by atoms with E-state index in [1.54, 1.807) is 7.11 Å². The monoisotopic (exact) mass is 254 g/mol. The zero-order valence-electron chi connectivity index (χ0n) is 11.6. The molecule has 1 aliphatic rings. The zero-order chi connectivity index (χ0) is 13.4. The second-order valence-electron chi connectivity index (χ2n) is 3.55. The first kappa shape index (κ1) is 14.8. The van der Waals surface area contributed by atoms with E-state index in [1.165, 1.54) is 0 Å². The number of fused-ring (bicyclic) bond motifs is 1. The molecule has 102 valence electrons. The van der Waals surface area contributed by atoms with Crippen LogP contribution in [0.1, 0.15) is 25.1 Å². The van der Waals surface area contributed by atoms with Crippen molar-refractivity contribution in [3.8, 4) is 6.01 Å². The first-order chi connectivity index (χ1) is 8.83. The Labute approximate surface area is 108 Å². The van der Waals surface area contributed by atoms with E-state index in [0.29, 0.717) is 19.2 Å². The predicted molar refractivity (Wildman–Crippen MR) is 69.1 cm³/mol. The van der Waals surface area contributed by atoms with E-state index in [-0.39, 0.29) is 0 Å². The van der Waals surface area contributed by atoms with Gasteiger partial charge in [0.1, 0.15) is 6.61 Å². The third-order valence-corrected chi connectivity index (χ3v) is 2.47. The maximum Gasteiger partial charge on any atom is 0.316 e. The molecule has 0 amide bonds. The van der Waals surface area contributed by atoms with Crippen LogP contribution >= 0.6 is 0 Å². The SMILES string of the molecule is CC.CNN1Cc2cnc(OCCOC)nc2C1. The van der Waals surface area contributed by atoms with Crippen molar-refractivity contribution in [2.24, 2.45) is 0 Å². The first-order valence-corrected chi connectivity index (χ1v) is 6.22. The molecule has 1 aromatic heterocycles. The van der Waals surface area contributed by atoms with Gasteiger partial charge in [-0.3, -0.25) is 5.43 Å². The minimum atomic E-state index is 0.425. The van der Waals surface area contributed by atoms with Crippen LogP contribution in [0.3, 0.4) is 0 Å². The van der Waals surface area contributed by atoms with Gasteiger partial charge in [0.25, 0.3) is 0 Å². The second-order valence-corrected chi connectivity index (χ2v) is 3.55. The molecule has 6 heteroatoms. The van der Waals surface area contributed by atoms with Crippen LogP contribution in [0.5, 0.6) is 6.01 Å². The summed E-state index contributed by atoms with van der Waals surface area (Å²) in [7, 11) is 3.53. The number of ether oxygens (including phenoxy) is 2. The van der Waals surface area contributed by atoms with Crippen LogP contribution in [-0.4, -0.2) is 42.3 Å². The van der Waals surface area contributed by atoms with Gasteiger partial charge in [0.15, 0.2) is 0 Å². The summed E-state index contributed by atoms with van der Waals surface area (Å²) in [6.45, 7) is 6.65. The second kappa shape index (κ2) is 7.97. The average Bonchev–Trinajstić information content (AvgIpc) is 2.83. The van der Waals surface area contributed by atoms with Crippen molar-refractivity contribution in [1.82, 2.24) is 20.4 Å². The van der Waals surface area contributed by atoms with Crippen molar-refractivity contribution in [3.63, 3.8) is 0 Å². The number of rotatable bonds is 5. The van der Waals surface area contributed by atoms with Crippen LogP contribution in [0.25, 0.3) is 0 Å². The molecule has 2 heterocycles. The highest BCUT2D eigenvalue weighted by molar-refractivity contribution is 5.22. The number of hydrogen-bond donors (Lipinski definition) is 1. The highest BCUT2D eigenvalue weighted by Gasteiger charge is 2.20. The highest BCUT2D eigenvalue weighted by atomic mass is 16.5. The fraction of sp³-hybridized carbons (Fsp3) is 0.667. The molecule has 18 heavy (non-hydrogen) atoms. The Hall–Kier alpha value is -1.24. The molecule has 0 unspecified atom stereocenters. The topological polar surface area (TPSA) is 59.5 Å². The number of hydrazine groups is 1. The van der Waals surface area contributed by atoms with E-state index in [4.69, 9.17) is 9.47 Å². The van der Waals surface area contributed by atoms with Gasteiger partial charge in [-0.2, -0.15) is 4.98 Å². The smallest absolute Gasteiger partial charge is 0.316 e. The number of hydrogen-bond acceptors (Lipinski definition) is 6. The van der Waals surface area contributed by atoms with Gasteiger partial charge in [-0.15, -0.1) is 0 Å². The van der Waals surface area contributed by atoms with Gasteiger partial charge in [0, 0.05) is 25.4 Å². The summed E-state index contributed by atoms with van der Waals surface area (Å²) in [5.74, 6) is 0. The van der Waals surface area contributed by atoms with E-state index in [1.807, 2.05) is 27.1 Å². The van der Waals surface area contributed by atoms with Gasteiger partial charge in [0.2, 0.25) is 0 Å². The van der Waals surface area contributed by atoms with Gasteiger partial charge >= 0.3 is 6.01 Å². The molecule has 1 N–H and O–H groups in total. The van der Waals surface area contributed by atoms with Crippen molar-refractivity contribution < 1.29 is 9.47 Å². The molecule has 1 aromatic rings. The van der Waals surface area contributed by atoms with Gasteiger partial charge < -0.3 is 9.47 Å². The van der Waals surface area contributed by atoms with Crippen LogP contribution < -0.4 is 10.2 Å². The Bertz CT molecular complexity index is 360. The quantitative estimate of drug-likeness (QED) is 0.790. The lowest BCUT2D eigenvalue weighted by molar-refractivity contribution is 0.140. The van der Waals surface area contributed by atoms with Crippen molar-refractivity contribution in [2.75, 3.05) is 27.4 Å². The van der Waals surface area contributed by atoms with Crippen LogP contribution in [0.4, 0.5) is 0 Å². The summed E-state index contributed by atoms with van der Waals surface area (Å²) < 4.78 is 10.2. The molecule has 0 spiro atoms. The Kier molecular flexibility index (Phi) is 6.56. The lowest BCUT2D eigenvalue weighted by atomic mass is 10.3. The first-order valence-electron chi connectivity index (χ1n) is 6.22. The number of nitrogens with zero attached hydrogens (tertiary/aromatic N) is 3. The number of methoxy groups -OCH3 is 1. The summed E-state index contributed by atoms with van der Waals surface area (Å²) in [5, 5.41) is 2.07. The summed E-state index contributed by atoms with van der Waals surface area (Å²) in [5.41, 5.74) is 5.26. The average molecular weight is 254 g/mol. The van der Waals surface area contributed by atoms with Crippen molar-refractivity contribution >= 4 is 0 Å². The molecule has 0 aliphatic carbocycles. The molecular weight excluding hydrogens is 232 g/mol. The maximum absolute atomic E-state index is 5.35. The Morgan fingerprint density at radius 2 is 2.11 bits per heavy atom. The van der Waals surface area contributed by atoms with Gasteiger partial charge in [-0.25, -0.2) is 9.99 Å². The van der Waals surface area contributed by atoms with Crippen molar-refractivity contribution in [3.05, 3.63) is 17.5 Å². The number of nitrogens with one attached hydrogen (secondary N) is 1. The molecule has 1 aliphatic heterocycles. The predicted octanol–water partition coefficient (Wildman–Crippen LogP) is 0.978. The molecule has 0 radical (unpaired) electrons. The van der Waals surface area contributed by atoms with E-state index in [0.717, 1.165) is 24.3 Å². The lowest BCUT2D eigenvalue weighted by Crippen LogP contribution is -2.29. The molecule has 0 fully saturated rings. The maximum atomic E-state index is 5.35. The molecule has 0 saturated heterocycles. The fourth-order valence-corrected chi connectivity index (χ4v) is 1.58. The third-order valence-electron chi connectivity index (χ3n) is 2.47. The Morgan fingerprint density at radius 1 is 1.33 bits per heavy atom. The summed E-state index contributed by atoms with van der Waals surface area (Å²) in [6.07, 6.45) is 1.82. The van der Waals surface area contributed by atoms with Gasteiger partial charge in [-0.1, -0.05) is 13.8 Å². The third kappa shape index (κ3) is 3.90. The van der Waals surface area contributed by atoms with Gasteiger partial charge in [0.05, 0.1) is 18.8 Å².